The molecule has 0 radical (unpaired) electrons. The molecule has 0 spiro atoms. The third-order valence-corrected chi connectivity index (χ3v) is 4.55. The maximum Gasteiger partial charge on any atom is 0.243 e. The van der Waals surface area contributed by atoms with Crippen LogP contribution >= 0.6 is 0 Å². The average Bonchev–Trinajstić information content (AvgIpc) is 3.19. The van der Waals surface area contributed by atoms with Crippen LogP contribution in [0.3, 0.4) is 0 Å². The van der Waals surface area contributed by atoms with Crippen molar-refractivity contribution in [1.82, 2.24) is 15.5 Å². The van der Waals surface area contributed by atoms with Gasteiger partial charge in [0.25, 0.3) is 0 Å². The van der Waals surface area contributed by atoms with Crippen LogP contribution in [0.25, 0.3) is 0 Å². The summed E-state index contributed by atoms with van der Waals surface area (Å²) in [6, 6.07) is 10.8. The Balaban J connectivity index is 1.62. The minimum Gasteiger partial charge on any atom is -0.338 e. The minimum atomic E-state index is 0.0116. The smallest absolute Gasteiger partial charge is 0.243 e. The van der Waals surface area contributed by atoms with E-state index in [0.717, 1.165) is 37.5 Å². The molecule has 1 aliphatic carbocycles. The van der Waals surface area contributed by atoms with Crippen molar-refractivity contribution in [3.05, 3.63) is 47.6 Å². The summed E-state index contributed by atoms with van der Waals surface area (Å²) in [5.74, 6) is 1.63. The maximum atomic E-state index is 5.53. The van der Waals surface area contributed by atoms with Crippen LogP contribution < -0.4 is 5.32 Å². The molecule has 104 valence electrons. The van der Waals surface area contributed by atoms with Gasteiger partial charge in [-0.05, 0) is 37.8 Å². The van der Waals surface area contributed by atoms with E-state index in [1.165, 1.54) is 18.4 Å². The third-order valence-electron chi connectivity index (χ3n) is 4.55. The van der Waals surface area contributed by atoms with Crippen LogP contribution in [0.1, 0.15) is 55.4 Å². The zero-order valence-corrected chi connectivity index (χ0v) is 11.5. The Morgan fingerprint density at radius 2 is 2.00 bits per heavy atom. The molecule has 2 heterocycles. The molecule has 4 nitrogen and oxygen atoms in total. The van der Waals surface area contributed by atoms with Crippen LogP contribution in [-0.2, 0) is 5.41 Å². The summed E-state index contributed by atoms with van der Waals surface area (Å²) in [5.41, 5.74) is 1.32. The van der Waals surface area contributed by atoms with Gasteiger partial charge < -0.3 is 9.84 Å². The average molecular weight is 269 g/mol. The van der Waals surface area contributed by atoms with Gasteiger partial charge in [-0.1, -0.05) is 41.9 Å². The number of benzene rings is 1. The van der Waals surface area contributed by atoms with E-state index in [-0.39, 0.29) is 11.5 Å². The van der Waals surface area contributed by atoms with Crippen LogP contribution in [0.2, 0.25) is 0 Å². The van der Waals surface area contributed by atoms with Crippen molar-refractivity contribution in [2.45, 2.75) is 43.6 Å². The van der Waals surface area contributed by atoms with Crippen molar-refractivity contribution in [2.24, 2.45) is 0 Å². The molecule has 0 bridgehead atoms. The lowest BCUT2D eigenvalue weighted by molar-refractivity contribution is 0.295. The van der Waals surface area contributed by atoms with Crippen molar-refractivity contribution in [2.75, 3.05) is 6.54 Å². The molecule has 2 aromatic rings. The fraction of sp³-hybridized carbons (Fsp3) is 0.500. The zero-order chi connectivity index (χ0) is 13.4. The Hall–Kier alpha value is -1.68. The first-order valence-electron chi connectivity index (χ1n) is 7.51. The number of nitrogens with zero attached hydrogens (tertiary/aromatic N) is 2. The predicted molar refractivity (Wildman–Crippen MR) is 75.3 cm³/mol. The number of hydrogen-bond donors (Lipinski definition) is 1. The maximum absolute atomic E-state index is 5.53. The molecule has 1 atom stereocenters. The van der Waals surface area contributed by atoms with Gasteiger partial charge in [0.05, 0.1) is 11.5 Å². The van der Waals surface area contributed by atoms with E-state index in [2.05, 4.69) is 34.7 Å². The van der Waals surface area contributed by atoms with Gasteiger partial charge in [-0.3, -0.25) is 0 Å². The number of hydrogen-bond acceptors (Lipinski definition) is 4. The summed E-state index contributed by atoms with van der Waals surface area (Å²) in [5, 5.41) is 7.74. The Kier molecular flexibility index (Phi) is 2.84. The molecule has 1 saturated heterocycles. The van der Waals surface area contributed by atoms with Crippen LogP contribution in [0, 0.1) is 0 Å². The fourth-order valence-electron chi connectivity index (χ4n) is 3.16. The Labute approximate surface area is 118 Å². The highest BCUT2D eigenvalue weighted by molar-refractivity contribution is 5.38. The molecular formula is C16H19N3O. The molecule has 20 heavy (non-hydrogen) atoms. The second-order valence-electron chi connectivity index (χ2n) is 5.91. The molecule has 2 fully saturated rings. The van der Waals surface area contributed by atoms with Gasteiger partial charge in [0.2, 0.25) is 5.89 Å². The normalized spacial score (nSPS) is 24.5. The highest BCUT2D eigenvalue weighted by Crippen LogP contribution is 2.52. The van der Waals surface area contributed by atoms with Gasteiger partial charge in [0.15, 0.2) is 5.82 Å². The number of rotatable bonds is 3. The Bertz CT molecular complexity index is 583. The quantitative estimate of drug-likeness (QED) is 0.930. The largest absolute Gasteiger partial charge is 0.338 e. The molecule has 0 amide bonds. The van der Waals surface area contributed by atoms with Crippen molar-refractivity contribution >= 4 is 0 Å². The second-order valence-corrected chi connectivity index (χ2v) is 5.91. The lowest BCUT2D eigenvalue weighted by atomic mass is 9.95. The highest BCUT2D eigenvalue weighted by atomic mass is 16.5. The van der Waals surface area contributed by atoms with Gasteiger partial charge >= 0.3 is 0 Å². The Morgan fingerprint density at radius 3 is 2.70 bits per heavy atom. The summed E-state index contributed by atoms with van der Waals surface area (Å²) < 4.78 is 5.53. The molecule has 4 heteroatoms. The van der Waals surface area contributed by atoms with Crippen molar-refractivity contribution in [3.63, 3.8) is 0 Å². The molecule has 2 aliphatic rings. The van der Waals surface area contributed by atoms with Crippen molar-refractivity contribution in [1.29, 1.82) is 0 Å². The Morgan fingerprint density at radius 1 is 1.15 bits per heavy atom. The molecule has 1 aliphatic heterocycles. The molecule has 1 aromatic heterocycles. The number of nitrogens with one attached hydrogen (secondary N) is 1. The van der Waals surface area contributed by atoms with Crippen molar-refractivity contribution < 1.29 is 4.52 Å². The van der Waals surface area contributed by atoms with E-state index in [0.29, 0.717) is 0 Å². The molecule has 1 saturated carbocycles. The lowest BCUT2D eigenvalue weighted by Gasteiger charge is -2.19. The van der Waals surface area contributed by atoms with E-state index >= 15 is 0 Å². The van der Waals surface area contributed by atoms with Crippen LogP contribution in [0.15, 0.2) is 34.9 Å². The second kappa shape index (κ2) is 4.70. The summed E-state index contributed by atoms with van der Waals surface area (Å²) >= 11 is 0. The van der Waals surface area contributed by atoms with E-state index in [4.69, 9.17) is 9.51 Å². The molecule has 1 N–H and O–H groups in total. The van der Waals surface area contributed by atoms with E-state index in [9.17, 15) is 0 Å². The first-order chi connectivity index (χ1) is 9.88. The van der Waals surface area contributed by atoms with Gasteiger partial charge in [0.1, 0.15) is 0 Å². The van der Waals surface area contributed by atoms with Crippen LogP contribution in [0.5, 0.6) is 0 Å². The lowest BCUT2D eigenvalue weighted by Crippen LogP contribution is -2.27. The standard InChI is InChI=1S/C16H19N3O/c1-2-6-12(7-3-1)16(9-10-16)15-18-14(20-19-15)13-8-4-5-11-17-13/h1-3,6-7,13,17H,4-5,8-11H2/t13-/m1/s1. The topological polar surface area (TPSA) is 51.0 Å². The first-order valence-corrected chi connectivity index (χ1v) is 7.51. The number of aromatic nitrogens is 2. The van der Waals surface area contributed by atoms with Gasteiger partial charge in [0, 0.05) is 0 Å². The van der Waals surface area contributed by atoms with Gasteiger partial charge in [-0.15, -0.1) is 0 Å². The van der Waals surface area contributed by atoms with Crippen LogP contribution in [0.4, 0.5) is 0 Å². The van der Waals surface area contributed by atoms with Crippen LogP contribution in [-0.4, -0.2) is 16.7 Å². The predicted octanol–water partition coefficient (Wildman–Crippen LogP) is 2.96. The third kappa shape index (κ3) is 1.95. The van der Waals surface area contributed by atoms with Crippen molar-refractivity contribution in [3.8, 4) is 0 Å². The summed E-state index contributed by atoms with van der Waals surface area (Å²) in [6.07, 6.45) is 5.81. The molecule has 4 rings (SSSR count). The van der Waals surface area contributed by atoms with E-state index in [1.54, 1.807) is 0 Å². The molecular weight excluding hydrogens is 250 g/mol. The summed E-state index contributed by atoms with van der Waals surface area (Å²) in [4.78, 5) is 4.70. The summed E-state index contributed by atoms with van der Waals surface area (Å²) in [7, 11) is 0. The minimum absolute atomic E-state index is 0.0116. The molecule has 1 aromatic carbocycles. The fourth-order valence-corrected chi connectivity index (χ4v) is 3.16. The monoisotopic (exact) mass is 269 g/mol. The van der Waals surface area contributed by atoms with E-state index < -0.39 is 0 Å². The zero-order valence-electron chi connectivity index (χ0n) is 11.5. The summed E-state index contributed by atoms with van der Waals surface area (Å²) in [6.45, 7) is 1.05. The number of piperidine rings is 1. The van der Waals surface area contributed by atoms with E-state index in [1.807, 2.05) is 6.07 Å². The highest BCUT2D eigenvalue weighted by Gasteiger charge is 2.50. The molecule has 0 unspecified atom stereocenters. The van der Waals surface area contributed by atoms with Gasteiger partial charge in [-0.25, -0.2) is 0 Å². The first kappa shape index (κ1) is 12.1. The SMILES string of the molecule is c1ccc(C2(c3noc([C@H]4CCCCN4)n3)CC2)cc1. The van der Waals surface area contributed by atoms with Gasteiger partial charge in [-0.2, -0.15) is 4.98 Å².